The molecule has 7 aromatic rings. The van der Waals surface area contributed by atoms with Crippen molar-refractivity contribution in [2.75, 3.05) is 0 Å². The summed E-state index contributed by atoms with van der Waals surface area (Å²) in [4.78, 5) is 9.59. The highest BCUT2D eigenvalue weighted by Gasteiger charge is 2.27. The molecule has 0 atom stereocenters. The highest BCUT2D eigenvalue weighted by molar-refractivity contribution is 6.37. The first-order valence-corrected chi connectivity index (χ1v) is 11.5. The number of aromatic nitrogens is 4. The first-order valence-electron chi connectivity index (χ1n) is 11.5. The Labute approximate surface area is 210 Å². The molecule has 9 heteroatoms. The predicted molar refractivity (Wildman–Crippen MR) is 143 cm³/mol. The third-order valence-corrected chi connectivity index (χ3v) is 6.77. The minimum absolute atomic E-state index is 0.258. The summed E-state index contributed by atoms with van der Waals surface area (Å²) in [6.45, 7) is 0. The van der Waals surface area contributed by atoms with Crippen molar-refractivity contribution in [3.05, 3.63) is 79.0 Å². The minimum atomic E-state index is -0.747. The van der Waals surface area contributed by atoms with Crippen LogP contribution in [0.15, 0.2) is 79.0 Å². The number of fused-ring (bicyclic) bond motifs is 6. The quantitative estimate of drug-likeness (QED) is 0.165. The molecule has 0 unspecified atom stereocenters. The van der Waals surface area contributed by atoms with Gasteiger partial charge in [-0.15, -0.1) is 0 Å². The van der Waals surface area contributed by atoms with E-state index in [-0.39, 0.29) is 5.69 Å². The van der Waals surface area contributed by atoms with E-state index in [1.165, 1.54) is 4.57 Å². The Morgan fingerprint density at radius 2 is 1.27 bits per heavy atom. The van der Waals surface area contributed by atoms with Crippen LogP contribution in [-0.2, 0) is 0 Å². The third kappa shape index (κ3) is 2.73. The van der Waals surface area contributed by atoms with Gasteiger partial charge in [0.1, 0.15) is 24.8 Å². The van der Waals surface area contributed by atoms with Crippen molar-refractivity contribution in [3.63, 3.8) is 0 Å². The second-order valence-electron chi connectivity index (χ2n) is 8.78. The molecule has 2 radical (unpaired) electrons. The van der Waals surface area contributed by atoms with Crippen molar-refractivity contribution < 1.29 is 20.4 Å². The van der Waals surface area contributed by atoms with Crippen LogP contribution in [0.5, 0.6) is 23.0 Å². The fourth-order valence-corrected chi connectivity index (χ4v) is 5.10. The molecular weight excluding hydrogens is 467 g/mol. The van der Waals surface area contributed by atoms with Crippen molar-refractivity contribution in [3.8, 4) is 34.4 Å². The van der Waals surface area contributed by atoms with E-state index in [0.29, 0.717) is 27.7 Å². The number of nitrogens with zero attached hydrogens (tertiary/aromatic N) is 4. The van der Waals surface area contributed by atoms with E-state index in [2.05, 4.69) is 4.98 Å². The maximum atomic E-state index is 10.9. The van der Waals surface area contributed by atoms with E-state index < -0.39 is 28.5 Å². The smallest absolute Gasteiger partial charge is 0.185 e. The molecule has 0 aliphatic heterocycles. The minimum Gasteiger partial charge on any atom is -0.505 e. The lowest BCUT2D eigenvalue weighted by Crippen LogP contribution is -2.08. The number of hydrogen-bond donors (Lipinski definition) is 4. The van der Waals surface area contributed by atoms with Gasteiger partial charge in [-0.3, -0.25) is 14.1 Å². The highest BCUT2D eigenvalue weighted by atomic mass is 16.3. The first-order chi connectivity index (χ1) is 18.0. The van der Waals surface area contributed by atoms with E-state index in [0.717, 1.165) is 22.0 Å². The van der Waals surface area contributed by atoms with Gasteiger partial charge in [-0.25, -0.2) is 4.98 Å². The molecule has 0 aliphatic rings. The predicted octanol–water partition coefficient (Wildman–Crippen LogP) is 4.29. The van der Waals surface area contributed by atoms with Crippen molar-refractivity contribution in [2.24, 2.45) is 0 Å². The average molecular weight is 484 g/mol. The lowest BCUT2D eigenvalue weighted by Gasteiger charge is -2.16. The zero-order valence-corrected chi connectivity index (χ0v) is 19.2. The lowest BCUT2D eigenvalue weighted by atomic mass is 9.92. The highest BCUT2D eigenvalue weighted by Crippen LogP contribution is 2.46. The van der Waals surface area contributed by atoms with Gasteiger partial charge in [-0.1, -0.05) is 36.4 Å². The van der Waals surface area contributed by atoms with E-state index in [1.54, 1.807) is 18.3 Å². The summed E-state index contributed by atoms with van der Waals surface area (Å²) >= 11 is 0. The Morgan fingerprint density at radius 1 is 0.622 bits per heavy atom. The van der Waals surface area contributed by atoms with Crippen LogP contribution in [0, 0.1) is 0 Å². The maximum Gasteiger partial charge on any atom is 0.185 e. The second-order valence-corrected chi connectivity index (χ2v) is 8.78. The number of phenolic OH excluding ortho intramolecular Hbond substituents is 4. The Morgan fingerprint density at radius 3 is 2.03 bits per heavy atom. The molecule has 0 amide bonds. The van der Waals surface area contributed by atoms with Gasteiger partial charge >= 0.3 is 0 Å². The zero-order valence-electron chi connectivity index (χ0n) is 19.2. The topological polar surface area (TPSA) is 117 Å². The molecule has 0 fully saturated rings. The number of phenols is 4. The average Bonchev–Trinajstić information content (AvgIpc) is 3.43. The molecule has 0 saturated carbocycles. The van der Waals surface area contributed by atoms with Crippen LogP contribution in [-0.4, -0.2) is 47.4 Å². The number of benzene rings is 3. The number of rotatable bonds is 2. The van der Waals surface area contributed by atoms with Gasteiger partial charge in [0.15, 0.2) is 23.0 Å². The normalized spacial score (nSPS) is 11.8. The molecule has 7 rings (SSSR count). The molecule has 4 heterocycles. The second kappa shape index (κ2) is 7.41. The van der Waals surface area contributed by atoms with Crippen molar-refractivity contribution in [2.45, 2.75) is 0 Å². The molecule has 4 aromatic heterocycles. The molecular formula is C28H17BN4O4. The summed E-state index contributed by atoms with van der Waals surface area (Å²) in [7, 11) is 5.67. The fraction of sp³-hybridized carbons (Fsp3) is 0. The van der Waals surface area contributed by atoms with Gasteiger partial charge in [0.05, 0.1) is 16.6 Å². The Bertz CT molecular complexity index is 2020. The van der Waals surface area contributed by atoms with Gasteiger partial charge in [0, 0.05) is 28.0 Å². The molecule has 4 N–H and O–H groups in total. The SMILES string of the molecule is [B]c1c(O)c(O)c(-n2c3cccnc3c3cc4c5ccccc5n(-c5ccccc5)c4nc32)c(O)c1O. The summed E-state index contributed by atoms with van der Waals surface area (Å²) in [6.07, 6.45) is 1.64. The summed E-state index contributed by atoms with van der Waals surface area (Å²) in [6, 6.07) is 23.3. The summed E-state index contributed by atoms with van der Waals surface area (Å²) in [5.74, 6) is -2.88. The third-order valence-electron chi connectivity index (χ3n) is 6.77. The molecule has 0 aliphatic carbocycles. The molecule has 8 nitrogen and oxygen atoms in total. The number of aromatic hydroxyl groups is 4. The van der Waals surface area contributed by atoms with Crippen LogP contribution in [0.4, 0.5) is 0 Å². The molecule has 37 heavy (non-hydrogen) atoms. The summed E-state index contributed by atoms with van der Waals surface area (Å²) in [5, 5.41) is 45.1. The van der Waals surface area contributed by atoms with Gasteiger partial charge in [-0.05, 0) is 41.9 Å². The maximum absolute atomic E-state index is 10.9. The molecule has 176 valence electrons. The largest absolute Gasteiger partial charge is 0.505 e. The molecule has 0 spiro atoms. The van der Waals surface area contributed by atoms with Gasteiger partial charge in [0.2, 0.25) is 0 Å². The van der Waals surface area contributed by atoms with Gasteiger partial charge < -0.3 is 20.4 Å². The number of pyridine rings is 2. The Hall–Kier alpha value is -5.18. The van der Waals surface area contributed by atoms with E-state index in [4.69, 9.17) is 12.8 Å². The number of para-hydroxylation sites is 2. The van der Waals surface area contributed by atoms with Crippen LogP contribution in [0.25, 0.3) is 55.4 Å². The van der Waals surface area contributed by atoms with Crippen LogP contribution < -0.4 is 5.46 Å². The van der Waals surface area contributed by atoms with E-state index >= 15 is 0 Å². The molecule has 3 aromatic carbocycles. The van der Waals surface area contributed by atoms with Crippen LogP contribution in [0.3, 0.4) is 0 Å². The van der Waals surface area contributed by atoms with Crippen LogP contribution >= 0.6 is 0 Å². The first kappa shape index (κ1) is 21.1. The van der Waals surface area contributed by atoms with Crippen molar-refractivity contribution in [1.29, 1.82) is 0 Å². The fourth-order valence-electron chi connectivity index (χ4n) is 5.10. The van der Waals surface area contributed by atoms with Gasteiger partial charge in [0.25, 0.3) is 0 Å². The standard InChI is InChI=1S/C28H17BN4O4/c29-20-23(34)25(36)22(26(37)24(20)35)33-19-11-6-12-30-21(19)17-13-16-15-9-4-5-10-18(15)32(27(16)31-28(17)33)14-7-2-1-3-8-14/h1-13,34-37H. The van der Waals surface area contributed by atoms with Gasteiger partial charge in [-0.2, -0.15) is 0 Å². The zero-order chi connectivity index (χ0) is 25.4. The monoisotopic (exact) mass is 484 g/mol. The number of hydrogen-bond acceptors (Lipinski definition) is 6. The molecule has 0 saturated heterocycles. The van der Waals surface area contributed by atoms with Crippen LogP contribution in [0.1, 0.15) is 0 Å². The summed E-state index contributed by atoms with van der Waals surface area (Å²) < 4.78 is 3.50. The molecule has 0 bridgehead atoms. The lowest BCUT2D eigenvalue weighted by molar-refractivity contribution is 0.376. The van der Waals surface area contributed by atoms with Crippen molar-refractivity contribution in [1.82, 2.24) is 19.1 Å². The van der Waals surface area contributed by atoms with Crippen LogP contribution in [0.2, 0.25) is 0 Å². The van der Waals surface area contributed by atoms with E-state index in [1.807, 2.05) is 65.2 Å². The van der Waals surface area contributed by atoms with Crippen molar-refractivity contribution >= 4 is 57.3 Å². The van der Waals surface area contributed by atoms with E-state index in [9.17, 15) is 20.4 Å². The Balaban J connectivity index is 1.72. The summed E-state index contributed by atoms with van der Waals surface area (Å²) in [5.41, 5.74) is 3.15. The Kier molecular flexibility index (Phi) is 4.23.